The van der Waals surface area contributed by atoms with Crippen molar-refractivity contribution in [3.05, 3.63) is 16.1 Å². The number of hydrogen-bond donors (Lipinski definition) is 0. The first kappa shape index (κ1) is 18.1. The number of carbonyl (C=O) groups is 1. The van der Waals surface area contributed by atoms with Crippen LogP contribution in [0.5, 0.6) is 0 Å². The van der Waals surface area contributed by atoms with Crippen LogP contribution >= 0.6 is 11.3 Å². The summed E-state index contributed by atoms with van der Waals surface area (Å²) in [5.41, 5.74) is -0.0339. The molecule has 0 amide bonds. The second-order valence-corrected chi connectivity index (χ2v) is 7.51. The number of esters is 1. The maximum atomic E-state index is 12.1. The van der Waals surface area contributed by atoms with E-state index < -0.39 is 5.41 Å². The minimum Gasteiger partial charge on any atom is -0.465 e. The van der Waals surface area contributed by atoms with E-state index in [1.165, 1.54) is 0 Å². The monoisotopic (exact) mass is 313 g/mol. The summed E-state index contributed by atoms with van der Waals surface area (Å²) in [6.45, 7) is 14.9. The van der Waals surface area contributed by atoms with Crippen molar-refractivity contribution >= 4 is 17.3 Å². The van der Waals surface area contributed by atoms with Crippen LogP contribution in [0.3, 0.4) is 0 Å². The summed E-state index contributed by atoms with van der Waals surface area (Å²) < 4.78 is 11.0. The zero-order chi connectivity index (χ0) is 16.3. The number of aromatic nitrogens is 1. The highest BCUT2D eigenvalue weighted by atomic mass is 32.1. The molecule has 1 aromatic heterocycles. The summed E-state index contributed by atoms with van der Waals surface area (Å²) in [5.74, 6) is -0.245. The van der Waals surface area contributed by atoms with Gasteiger partial charge in [0.05, 0.1) is 12.3 Å². The minimum absolute atomic E-state index is 0.0425. The Morgan fingerprint density at radius 3 is 2.33 bits per heavy atom. The molecule has 120 valence electrons. The topological polar surface area (TPSA) is 48.4 Å². The summed E-state index contributed by atoms with van der Waals surface area (Å²) in [4.78, 5) is 16.7. The molecule has 5 heteroatoms. The summed E-state index contributed by atoms with van der Waals surface area (Å²) >= 11 is 1.54. The molecular formula is C16H27NO3S. The first-order valence-electron chi connectivity index (χ1n) is 7.39. The molecule has 1 atom stereocenters. The Kier molecular flexibility index (Phi) is 5.93. The van der Waals surface area contributed by atoms with E-state index in [1.54, 1.807) is 11.3 Å². The summed E-state index contributed by atoms with van der Waals surface area (Å²) in [7, 11) is 0. The molecule has 0 aliphatic heterocycles. The molecule has 0 aromatic carbocycles. The van der Waals surface area contributed by atoms with Crippen molar-refractivity contribution in [2.45, 2.75) is 60.0 Å². The third kappa shape index (κ3) is 4.27. The molecule has 0 aliphatic rings. The van der Waals surface area contributed by atoms with E-state index in [2.05, 4.69) is 25.8 Å². The summed E-state index contributed by atoms with van der Waals surface area (Å²) in [6, 6.07) is 0. The van der Waals surface area contributed by atoms with Gasteiger partial charge in [-0.05, 0) is 33.1 Å². The maximum Gasteiger partial charge on any atom is 0.317 e. The van der Waals surface area contributed by atoms with E-state index in [1.807, 2.05) is 33.1 Å². The van der Waals surface area contributed by atoms with Crippen LogP contribution in [0.4, 0.5) is 0 Å². The maximum absolute atomic E-state index is 12.1. The second-order valence-electron chi connectivity index (χ2n) is 6.62. The van der Waals surface area contributed by atoms with Gasteiger partial charge < -0.3 is 9.47 Å². The van der Waals surface area contributed by atoms with Crippen LogP contribution in [-0.2, 0) is 19.7 Å². The lowest BCUT2D eigenvalue weighted by Gasteiger charge is -2.28. The van der Waals surface area contributed by atoms with Crippen LogP contribution in [0.15, 0.2) is 5.38 Å². The molecule has 0 radical (unpaired) electrons. The third-order valence-electron chi connectivity index (χ3n) is 3.29. The molecule has 0 saturated heterocycles. The normalized spacial score (nSPS) is 14.0. The predicted octanol–water partition coefficient (Wildman–Crippen LogP) is 4.11. The van der Waals surface area contributed by atoms with Crippen LogP contribution in [-0.4, -0.2) is 24.2 Å². The van der Waals surface area contributed by atoms with Crippen LogP contribution < -0.4 is 0 Å². The molecule has 0 fully saturated rings. The molecule has 1 rings (SSSR count). The van der Waals surface area contributed by atoms with Crippen molar-refractivity contribution in [2.75, 3.05) is 13.2 Å². The van der Waals surface area contributed by atoms with Gasteiger partial charge in [-0.1, -0.05) is 20.8 Å². The molecule has 0 aliphatic carbocycles. The Labute approximate surface area is 131 Å². The van der Waals surface area contributed by atoms with Gasteiger partial charge >= 0.3 is 5.97 Å². The smallest absolute Gasteiger partial charge is 0.317 e. The van der Waals surface area contributed by atoms with Crippen molar-refractivity contribution in [1.29, 1.82) is 0 Å². The van der Waals surface area contributed by atoms with E-state index >= 15 is 0 Å². The quantitative estimate of drug-likeness (QED) is 0.742. The first-order valence-corrected chi connectivity index (χ1v) is 8.27. The van der Waals surface area contributed by atoms with Crippen molar-refractivity contribution in [3.63, 3.8) is 0 Å². The zero-order valence-electron chi connectivity index (χ0n) is 14.1. The molecule has 0 spiro atoms. The van der Waals surface area contributed by atoms with Gasteiger partial charge in [0.15, 0.2) is 0 Å². The van der Waals surface area contributed by atoms with Gasteiger partial charge in [-0.25, -0.2) is 4.98 Å². The lowest BCUT2D eigenvalue weighted by Crippen LogP contribution is -2.31. The van der Waals surface area contributed by atoms with Crippen molar-refractivity contribution < 1.29 is 14.3 Å². The number of hydrogen-bond acceptors (Lipinski definition) is 5. The number of carbonyl (C=O) groups excluding carboxylic acids is 1. The zero-order valence-corrected chi connectivity index (χ0v) is 15.0. The average Bonchev–Trinajstić information content (AvgIpc) is 2.84. The summed E-state index contributed by atoms with van der Waals surface area (Å²) in [6.07, 6.45) is -0.0701. The van der Waals surface area contributed by atoms with E-state index in [4.69, 9.17) is 9.47 Å². The highest BCUT2D eigenvalue weighted by Crippen LogP contribution is 2.39. The molecular weight excluding hydrogens is 286 g/mol. The molecule has 1 heterocycles. The predicted molar refractivity (Wildman–Crippen MR) is 85.6 cm³/mol. The van der Waals surface area contributed by atoms with Gasteiger partial charge in [0.25, 0.3) is 0 Å². The van der Waals surface area contributed by atoms with Gasteiger partial charge in [0.1, 0.15) is 16.5 Å². The van der Waals surface area contributed by atoms with Crippen molar-refractivity contribution in [1.82, 2.24) is 4.98 Å². The SMILES string of the molecule is CCOC(=O)C(C)(C)c1csc(C(OCC)C(C)(C)C)n1. The minimum atomic E-state index is -0.737. The fourth-order valence-corrected chi connectivity index (χ4v) is 3.25. The van der Waals surface area contributed by atoms with Gasteiger partial charge in [-0.3, -0.25) is 4.79 Å². The number of ether oxygens (including phenoxy) is 2. The van der Waals surface area contributed by atoms with E-state index in [9.17, 15) is 4.79 Å². The molecule has 1 aromatic rings. The Morgan fingerprint density at radius 1 is 1.24 bits per heavy atom. The van der Waals surface area contributed by atoms with Gasteiger partial charge in [0.2, 0.25) is 0 Å². The molecule has 0 bridgehead atoms. The molecule has 1 unspecified atom stereocenters. The van der Waals surface area contributed by atoms with Crippen molar-refractivity contribution in [2.24, 2.45) is 5.41 Å². The Morgan fingerprint density at radius 2 is 1.86 bits per heavy atom. The van der Waals surface area contributed by atoms with Crippen LogP contribution in [0, 0.1) is 5.41 Å². The van der Waals surface area contributed by atoms with E-state index in [0.29, 0.717) is 13.2 Å². The standard InChI is InChI=1S/C16H27NO3S/c1-8-19-12(15(3,4)5)13-17-11(10-21-13)16(6,7)14(18)20-9-2/h10,12H,8-9H2,1-7H3. The Bertz CT molecular complexity index is 474. The van der Waals surface area contributed by atoms with Crippen molar-refractivity contribution in [3.8, 4) is 0 Å². The largest absolute Gasteiger partial charge is 0.465 e. The molecule has 21 heavy (non-hydrogen) atoms. The fourth-order valence-electron chi connectivity index (χ4n) is 1.97. The number of rotatable bonds is 6. The Balaban J connectivity index is 3.06. The lowest BCUT2D eigenvalue weighted by atomic mass is 9.88. The highest BCUT2D eigenvalue weighted by Gasteiger charge is 2.36. The van der Waals surface area contributed by atoms with E-state index in [0.717, 1.165) is 10.7 Å². The highest BCUT2D eigenvalue weighted by molar-refractivity contribution is 7.09. The number of thiazole rings is 1. The van der Waals surface area contributed by atoms with E-state index in [-0.39, 0.29) is 17.5 Å². The molecule has 0 N–H and O–H groups in total. The molecule has 4 nitrogen and oxygen atoms in total. The third-order valence-corrected chi connectivity index (χ3v) is 4.18. The summed E-state index contributed by atoms with van der Waals surface area (Å²) in [5, 5.41) is 2.85. The molecule has 0 saturated carbocycles. The van der Waals surface area contributed by atoms with Gasteiger partial charge in [0, 0.05) is 12.0 Å². The Hall–Kier alpha value is -0.940. The van der Waals surface area contributed by atoms with Crippen LogP contribution in [0.25, 0.3) is 0 Å². The van der Waals surface area contributed by atoms with Gasteiger partial charge in [-0.15, -0.1) is 11.3 Å². The fraction of sp³-hybridized carbons (Fsp3) is 0.750. The first-order chi connectivity index (χ1) is 9.64. The lowest BCUT2D eigenvalue weighted by molar-refractivity contribution is -0.148. The second kappa shape index (κ2) is 6.88. The van der Waals surface area contributed by atoms with Gasteiger partial charge in [-0.2, -0.15) is 0 Å². The number of nitrogens with zero attached hydrogens (tertiary/aromatic N) is 1. The van der Waals surface area contributed by atoms with Crippen LogP contribution in [0.2, 0.25) is 0 Å². The van der Waals surface area contributed by atoms with Crippen LogP contribution in [0.1, 0.15) is 65.3 Å². The average molecular weight is 313 g/mol.